The third-order valence-corrected chi connectivity index (χ3v) is 2.35. The van der Waals surface area contributed by atoms with Crippen LogP contribution in [0.4, 0.5) is 0 Å². The van der Waals surface area contributed by atoms with Crippen LogP contribution < -0.4 is 4.74 Å². The standard InChI is InChI=1S/C12H12N2O2/c1-14-7-11(12(8-15)13-14)9-4-3-5-10(6-9)16-2/h3-8H,1-2H3. The minimum absolute atomic E-state index is 0.441. The Labute approximate surface area is 93.5 Å². The van der Waals surface area contributed by atoms with Crippen molar-refractivity contribution in [1.82, 2.24) is 9.78 Å². The molecule has 2 aromatic rings. The van der Waals surface area contributed by atoms with E-state index in [9.17, 15) is 4.79 Å². The first-order valence-electron chi connectivity index (χ1n) is 4.88. The number of aromatic nitrogens is 2. The average Bonchev–Trinajstić information content (AvgIpc) is 2.70. The van der Waals surface area contributed by atoms with Gasteiger partial charge >= 0.3 is 0 Å². The summed E-state index contributed by atoms with van der Waals surface area (Å²) < 4.78 is 6.76. The summed E-state index contributed by atoms with van der Waals surface area (Å²) in [5.74, 6) is 0.762. The van der Waals surface area contributed by atoms with Crippen molar-refractivity contribution >= 4 is 6.29 Å². The van der Waals surface area contributed by atoms with Crippen LogP contribution in [0.5, 0.6) is 5.75 Å². The number of benzene rings is 1. The smallest absolute Gasteiger partial charge is 0.170 e. The highest BCUT2D eigenvalue weighted by Crippen LogP contribution is 2.25. The molecule has 0 unspecified atom stereocenters. The van der Waals surface area contributed by atoms with Crippen LogP contribution in [-0.2, 0) is 7.05 Å². The van der Waals surface area contributed by atoms with Gasteiger partial charge in [-0.05, 0) is 17.7 Å². The van der Waals surface area contributed by atoms with Crippen LogP contribution in [0.1, 0.15) is 10.5 Å². The predicted molar refractivity (Wildman–Crippen MR) is 60.6 cm³/mol. The summed E-state index contributed by atoms with van der Waals surface area (Å²) in [6.07, 6.45) is 2.58. The fraction of sp³-hybridized carbons (Fsp3) is 0.167. The normalized spacial score (nSPS) is 10.1. The molecule has 2 rings (SSSR count). The maximum Gasteiger partial charge on any atom is 0.170 e. The van der Waals surface area contributed by atoms with E-state index in [1.807, 2.05) is 30.5 Å². The summed E-state index contributed by atoms with van der Waals surface area (Å²) in [5.41, 5.74) is 2.18. The zero-order valence-corrected chi connectivity index (χ0v) is 9.18. The zero-order valence-electron chi connectivity index (χ0n) is 9.18. The van der Waals surface area contributed by atoms with Crippen LogP contribution in [-0.4, -0.2) is 23.2 Å². The van der Waals surface area contributed by atoms with Crippen molar-refractivity contribution in [2.24, 2.45) is 7.05 Å². The lowest BCUT2D eigenvalue weighted by Crippen LogP contribution is -1.89. The van der Waals surface area contributed by atoms with E-state index in [1.165, 1.54) is 0 Å². The number of rotatable bonds is 3. The third-order valence-electron chi connectivity index (χ3n) is 2.35. The molecule has 1 aromatic carbocycles. The lowest BCUT2D eigenvalue weighted by Gasteiger charge is -2.02. The van der Waals surface area contributed by atoms with Crippen molar-refractivity contribution < 1.29 is 9.53 Å². The summed E-state index contributed by atoms with van der Waals surface area (Å²) in [6.45, 7) is 0. The molecule has 0 N–H and O–H groups in total. The van der Waals surface area contributed by atoms with Gasteiger partial charge in [0.15, 0.2) is 6.29 Å². The van der Waals surface area contributed by atoms with Crippen LogP contribution in [0.2, 0.25) is 0 Å². The van der Waals surface area contributed by atoms with Crippen molar-refractivity contribution in [2.45, 2.75) is 0 Å². The van der Waals surface area contributed by atoms with Gasteiger partial charge < -0.3 is 4.74 Å². The molecule has 4 heteroatoms. The van der Waals surface area contributed by atoms with E-state index in [0.29, 0.717) is 5.69 Å². The maximum absolute atomic E-state index is 10.9. The molecule has 82 valence electrons. The minimum atomic E-state index is 0.441. The van der Waals surface area contributed by atoms with Crippen molar-refractivity contribution in [3.63, 3.8) is 0 Å². The summed E-state index contributed by atoms with van der Waals surface area (Å²) in [4.78, 5) is 10.9. The summed E-state index contributed by atoms with van der Waals surface area (Å²) in [6, 6.07) is 7.55. The van der Waals surface area contributed by atoms with Gasteiger partial charge in [0.1, 0.15) is 11.4 Å². The molecule has 0 aliphatic rings. The molecule has 0 amide bonds. The van der Waals surface area contributed by atoms with E-state index in [1.54, 1.807) is 18.8 Å². The lowest BCUT2D eigenvalue weighted by atomic mass is 10.1. The van der Waals surface area contributed by atoms with Crippen LogP contribution >= 0.6 is 0 Å². The van der Waals surface area contributed by atoms with Gasteiger partial charge in [0.2, 0.25) is 0 Å². The van der Waals surface area contributed by atoms with Gasteiger partial charge in [-0.25, -0.2) is 0 Å². The number of carbonyl (C=O) groups excluding carboxylic acids is 1. The molecule has 0 spiro atoms. The van der Waals surface area contributed by atoms with Crippen molar-refractivity contribution in [2.75, 3.05) is 7.11 Å². The Morgan fingerprint density at radius 1 is 1.44 bits per heavy atom. The first-order chi connectivity index (χ1) is 7.74. The molecular weight excluding hydrogens is 204 g/mol. The third kappa shape index (κ3) is 1.82. The quantitative estimate of drug-likeness (QED) is 0.736. The van der Waals surface area contributed by atoms with Crippen molar-refractivity contribution in [3.05, 3.63) is 36.2 Å². The highest BCUT2D eigenvalue weighted by atomic mass is 16.5. The van der Waals surface area contributed by atoms with E-state index < -0.39 is 0 Å². The molecule has 16 heavy (non-hydrogen) atoms. The molecule has 0 aliphatic carbocycles. The molecule has 0 saturated heterocycles. The zero-order chi connectivity index (χ0) is 11.5. The van der Waals surface area contributed by atoms with Gasteiger partial charge in [-0.3, -0.25) is 9.48 Å². The number of methoxy groups -OCH3 is 1. The molecule has 0 fully saturated rings. The van der Waals surface area contributed by atoms with Gasteiger partial charge in [0.05, 0.1) is 7.11 Å². The molecule has 0 aliphatic heterocycles. The molecule has 0 atom stereocenters. The van der Waals surface area contributed by atoms with Crippen LogP contribution in [0.25, 0.3) is 11.1 Å². The Balaban J connectivity index is 2.52. The average molecular weight is 216 g/mol. The molecule has 4 nitrogen and oxygen atoms in total. The van der Waals surface area contributed by atoms with Crippen LogP contribution in [0, 0.1) is 0 Å². The Morgan fingerprint density at radius 2 is 2.25 bits per heavy atom. The largest absolute Gasteiger partial charge is 0.497 e. The Hall–Kier alpha value is -2.10. The first-order valence-corrected chi connectivity index (χ1v) is 4.88. The molecule has 1 aromatic heterocycles. The number of carbonyl (C=O) groups is 1. The second-order valence-electron chi connectivity index (χ2n) is 3.45. The van der Waals surface area contributed by atoms with Crippen molar-refractivity contribution in [1.29, 1.82) is 0 Å². The van der Waals surface area contributed by atoms with Gasteiger partial charge in [0, 0.05) is 18.8 Å². The van der Waals surface area contributed by atoms with Gasteiger partial charge in [0.25, 0.3) is 0 Å². The van der Waals surface area contributed by atoms with Gasteiger partial charge in [-0.15, -0.1) is 0 Å². The monoisotopic (exact) mass is 216 g/mol. The topological polar surface area (TPSA) is 44.1 Å². The van der Waals surface area contributed by atoms with E-state index in [0.717, 1.165) is 23.2 Å². The fourth-order valence-electron chi connectivity index (χ4n) is 1.61. The highest BCUT2D eigenvalue weighted by molar-refractivity contribution is 5.85. The van der Waals surface area contributed by atoms with Crippen LogP contribution in [0.15, 0.2) is 30.5 Å². The van der Waals surface area contributed by atoms with E-state index in [-0.39, 0.29) is 0 Å². The second-order valence-corrected chi connectivity index (χ2v) is 3.45. The fourth-order valence-corrected chi connectivity index (χ4v) is 1.61. The van der Waals surface area contributed by atoms with Gasteiger partial charge in [-0.1, -0.05) is 12.1 Å². The molecule has 0 bridgehead atoms. The van der Waals surface area contributed by atoms with E-state index >= 15 is 0 Å². The number of aldehydes is 1. The lowest BCUT2D eigenvalue weighted by molar-refractivity contribution is 0.111. The van der Waals surface area contributed by atoms with E-state index in [2.05, 4.69) is 5.10 Å². The molecule has 0 saturated carbocycles. The maximum atomic E-state index is 10.9. The second kappa shape index (κ2) is 4.18. The first kappa shape index (κ1) is 10.4. The van der Waals surface area contributed by atoms with E-state index in [4.69, 9.17) is 4.74 Å². The number of aryl methyl sites for hydroxylation is 1. The van der Waals surface area contributed by atoms with Gasteiger partial charge in [-0.2, -0.15) is 5.10 Å². The number of ether oxygens (including phenoxy) is 1. The molecular formula is C12H12N2O2. The predicted octanol–water partition coefficient (Wildman–Crippen LogP) is 1.91. The number of nitrogens with zero attached hydrogens (tertiary/aromatic N) is 2. The summed E-state index contributed by atoms with van der Waals surface area (Å²) in [5, 5.41) is 4.07. The summed E-state index contributed by atoms with van der Waals surface area (Å²) >= 11 is 0. The summed E-state index contributed by atoms with van der Waals surface area (Å²) in [7, 11) is 3.40. The number of hydrogen-bond donors (Lipinski definition) is 0. The van der Waals surface area contributed by atoms with Crippen LogP contribution in [0.3, 0.4) is 0 Å². The van der Waals surface area contributed by atoms with Crippen molar-refractivity contribution in [3.8, 4) is 16.9 Å². The number of hydrogen-bond acceptors (Lipinski definition) is 3. The Morgan fingerprint density at radius 3 is 2.94 bits per heavy atom. The Bertz CT molecular complexity index is 517. The highest BCUT2D eigenvalue weighted by Gasteiger charge is 2.09. The molecule has 0 radical (unpaired) electrons. The molecule has 1 heterocycles. The minimum Gasteiger partial charge on any atom is -0.497 e. The Kier molecular flexibility index (Phi) is 2.72. The SMILES string of the molecule is COc1cccc(-c2cn(C)nc2C=O)c1.